The molecule has 21 heavy (non-hydrogen) atoms. The quantitative estimate of drug-likeness (QED) is 0.686. The van der Waals surface area contributed by atoms with E-state index in [-0.39, 0.29) is 5.91 Å². The molecule has 1 aromatic carbocycles. The van der Waals surface area contributed by atoms with Gasteiger partial charge in [0.1, 0.15) is 5.65 Å². The lowest BCUT2D eigenvalue weighted by atomic mass is 10.1. The molecular weight excluding hydrogens is 262 g/mol. The summed E-state index contributed by atoms with van der Waals surface area (Å²) in [4.78, 5) is 18.9. The van der Waals surface area contributed by atoms with Gasteiger partial charge in [-0.3, -0.25) is 4.79 Å². The van der Waals surface area contributed by atoms with Gasteiger partial charge in [-0.1, -0.05) is 18.2 Å². The van der Waals surface area contributed by atoms with Crippen LogP contribution in [-0.4, -0.2) is 21.8 Å². The Hall–Kier alpha value is -2.62. The molecule has 3 aromatic rings. The van der Waals surface area contributed by atoms with E-state index in [9.17, 15) is 4.79 Å². The van der Waals surface area contributed by atoms with Crippen LogP contribution in [0.1, 0.15) is 21.5 Å². The topological polar surface area (TPSA) is 37.6 Å². The van der Waals surface area contributed by atoms with Crippen LogP contribution in [0.15, 0.2) is 48.9 Å². The van der Waals surface area contributed by atoms with Crippen LogP contribution in [0.4, 0.5) is 5.69 Å². The summed E-state index contributed by atoms with van der Waals surface area (Å²) in [6.45, 7) is 2.81. The number of anilines is 1. The zero-order valence-electron chi connectivity index (χ0n) is 11.8. The van der Waals surface area contributed by atoms with E-state index in [4.69, 9.17) is 0 Å². The molecule has 1 aliphatic heterocycles. The number of para-hydroxylation sites is 1. The lowest BCUT2D eigenvalue weighted by molar-refractivity contribution is 0.0989. The first-order valence-electron chi connectivity index (χ1n) is 7.07. The van der Waals surface area contributed by atoms with Gasteiger partial charge in [0.15, 0.2) is 0 Å². The van der Waals surface area contributed by atoms with Crippen molar-refractivity contribution in [1.82, 2.24) is 9.38 Å². The molecule has 3 heterocycles. The molecule has 4 rings (SSSR count). The Bertz CT molecular complexity index is 850. The van der Waals surface area contributed by atoms with Crippen LogP contribution in [0.25, 0.3) is 5.65 Å². The molecule has 104 valence electrons. The summed E-state index contributed by atoms with van der Waals surface area (Å²) < 4.78 is 1.90. The van der Waals surface area contributed by atoms with Crippen molar-refractivity contribution in [2.75, 3.05) is 11.4 Å². The standard InChI is InChI=1S/C17H15N3O/c1-12-3-2-4-13-6-9-20(16(12)13)17(21)14-5-8-19-10-7-18-15(19)11-14/h2-5,7-8,10-11H,6,9H2,1H3. The number of hydrogen-bond donors (Lipinski definition) is 0. The van der Waals surface area contributed by atoms with E-state index in [1.807, 2.05) is 33.8 Å². The Morgan fingerprint density at radius 3 is 3.05 bits per heavy atom. The third-order valence-electron chi connectivity index (χ3n) is 4.09. The van der Waals surface area contributed by atoms with Crippen LogP contribution in [0.2, 0.25) is 0 Å². The Labute approximate surface area is 122 Å². The first kappa shape index (κ1) is 12.1. The van der Waals surface area contributed by atoms with Crippen LogP contribution < -0.4 is 4.90 Å². The summed E-state index contributed by atoms with van der Waals surface area (Å²) in [5.41, 5.74) is 4.96. The first-order valence-corrected chi connectivity index (χ1v) is 7.07. The molecule has 0 saturated heterocycles. The predicted octanol–water partition coefficient (Wildman–Crippen LogP) is 2.85. The summed E-state index contributed by atoms with van der Waals surface area (Å²) in [5.74, 6) is 0.0496. The second-order valence-corrected chi connectivity index (χ2v) is 5.40. The number of aryl methyl sites for hydroxylation is 1. The third-order valence-corrected chi connectivity index (χ3v) is 4.09. The molecular formula is C17H15N3O. The molecule has 0 radical (unpaired) electrons. The lowest BCUT2D eigenvalue weighted by Gasteiger charge is -2.19. The summed E-state index contributed by atoms with van der Waals surface area (Å²) in [7, 11) is 0. The molecule has 1 amide bonds. The van der Waals surface area contributed by atoms with Crippen molar-refractivity contribution >= 4 is 17.2 Å². The van der Waals surface area contributed by atoms with Crippen LogP contribution >= 0.6 is 0 Å². The van der Waals surface area contributed by atoms with E-state index in [0.29, 0.717) is 5.56 Å². The number of aromatic nitrogens is 2. The number of amides is 1. The average Bonchev–Trinajstić information content (AvgIpc) is 3.13. The number of imidazole rings is 1. The van der Waals surface area contributed by atoms with Crippen molar-refractivity contribution in [1.29, 1.82) is 0 Å². The van der Waals surface area contributed by atoms with E-state index in [1.54, 1.807) is 6.20 Å². The molecule has 0 aliphatic carbocycles. The Kier molecular flexibility index (Phi) is 2.57. The zero-order chi connectivity index (χ0) is 14.4. The summed E-state index contributed by atoms with van der Waals surface area (Å²) in [6.07, 6.45) is 6.41. The van der Waals surface area contributed by atoms with Gasteiger partial charge in [-0.2, -0.15) is 0 Å². The molecule has 4 heteroatoms. The minimum absolute atomic E-state index is 0.0496. The highest BCUT2D eigenvalue weighted by atomic mass is 16.2. The second kappa shape index (κ2) is 4.45. The number of carbonyl (C=O) groups is 1. The van der Waals surface area contributed by atoms with Gasteiger partial charge in [0.05, 0.1) is 5.69 Å². The minimum Gasteiger partial charge on any atom is -0.307 e. The van der Waals surface area contributed by atoms with Crippen LogP contribution in [-0.2, 0) is 6.42 Å². The Morgan fingerprint density at radius 2 is 2.14 bits per heavy atom. The van der Waals surface area contributed by atoms with Gasteiger partial charge in [-0.25, -0.2) is 4.98 Å². The molecule has 0 saturated carbocycles. The van der Waals surface area contributed by atoms with Crippen molar-refractivity contribution in [3.63, 3.8) is 0 Å². The van der Waals surface area contributed by atoms with E-state index in [1.165, 1.54) is 5.56 Å². The molecule has 0 atom stereocenters. The average molecular weight is 277 g/mol. The molecule has 4 nitrogen and oxygen atoms in total. The number of nitrogens with zero attached hydrogens (tertiary/aromatic N) is 3. The smallest absolute Gasteiger partial charge is 0.258 e. The van der Waals surface area contributed by atoms with Crippen molar-refractivity contribution in [2.45, 2.75) is 13.3 Å². The largest absolute Gasteiger partial charge is 0.307 e. The van der Waals surface area contributed by atoms with Crippen molar-refractivity contribution in [3.8, 4) is 0 Å². The van der Waals surface area contributed by atoms with Gasteiger partial charge in [0.2, 0.25) is 0 Å². The van der Waals surface area contributed by atoms with Crippen molar-refractivity contribution < 1.29 is 4.79 Å². The van der Waals surface area contributed by atoms with Gasteiger partial charge in [-0.15, -0.1) is 0 Å². The maximum atomic E-state index is 12.8. The molecule has 0 bridgehead atoms. The van der Waals surface area contributed by atoms with Gasteiger partial charge in [-0.05, 0) is 36.6 Å². The fourth-order valence-electron chi connectivity index (χ4n) is 3.05. The summed E-state index contributed by atoms with van der Waals surface area (Å²) in [6, 6.07) is 9.92. The second-order valence-electron chi connectivity index (χ2n) is 5.40. The number of carbonyl (C=O) groups excluding carboxylic acids is 1. The predicted molar refractivity (Wildman–Crippen MR) is 81.8 cm³/mol. The maximum absolute atomic E-state index is 12.8. The maximum Gasteiger partial charge on any atom is 0.258 e. The van der Waals surface area contributed by atoms with E-state index >= 15 is 0 Å². The highest BCUT2D eigenvalue weighted by molar-refractivity contribution is 6.08. The van der Waals surface area contributed by atoms with Gasteiger partial charge >= 0.3 is 0 Å². The fourth-order valence-corrected chi connectivity index (χ4v) is 3.05. The first-order chi connectivity index (χ1) is 10.2. The molecule has 1 aliphatic rings. The van der Waals surface area contributed by atoms with Crippen molar-refractivity contribution in [3.05, 3.63) is 65.6 Å². The van der Waals surface area contributed by atoms with Crippen molar-refractivity contribution in [2.24, 2.45) is 0 Å². The zero-order valence-corrected chi connectivity index (χ0v) is 11.8. The van der Waals surface area contributed by atoms with Crippen LogP contribution in [0.5, 0.6) is 0 Å². The Morgan fingerprint density at radius 1 is 1.24 bits per heavy atom. The van der Waals surface area contributed by atoms with E-state index in [0.717, 1.165) is 29.9 Å². The van der Waals surface area contributed by atoms with Crippen LogP contribution in [0, 0.1) is 6.92 Å². The lowest BCUT2D eigenvalue weighted by Crippen LogP contribution is -2.29. The molecule has 0 spiro atoms. The van der Waals surface area contributed by atoms with Gasteiger partial charge in [0.25, 0.3) is 5.91 Å². The highest BCUT2D eigenvalue weighted by Gasteiger charge is 2.26. The molecule has 0 N–H and O–H groups in total. The number of hydrogen-bond acceptors (Lipinski definition) is 2. The fraction of sp³-hybridized carbons (Fsp3) is 0.176. The number of benzene rings is 1. The summed E-state index contributed by atoms with van der Waals surface area (Å²) >= 11 is 0. The van der Waals surface area contributed by atoms with Gasteiger partial charge in [0, 0.05) is 30.7 Å². The highest BCUT2D eigenvalue weighted by Crippen LogP contribution is 2.32. The number of rotatable bonds is 1. The SMILES string of the molecule is Cc1cccc2c1N(C(=O)c1ccn3ccnc3c1)CC2. The van der Waals surface area contributed by atoms with Gasteiger partial charge < -0.3 is 9.30 Å². The monoisotopic (exact) mass is 277 g/mol. The van der Waals surface area contributed by atoms with E-state index in [2.05, 4.69) is 30.1 Å². The third kappa shape index (κ3) is 1.83. The number of fused-ring (bicyclic) bond motifs is 2. The van der Waals surface area contributed by atoms with Crippen LogP contribution in [0.3, 0.4) is 0 Å². The molecule has 0 unspecified atom stereocenters. The number of pyridine rings is 1. The minimum atomic E-state index is 0.0496. The molecule has 0 fully saturated rings. The van der Waals surface area contributed by atoms with E-state index < -0.39 is 0 Å². The molecule has 2 aromatic heterocycles. The normalized spacial score (nSPS) is 13.7. The summed E-state index contributed by atoms with van der Waals surface area (Å²) in [5, 5.41) is 0. The Balaban J connectivity index is 1.76.